The summed E-state index contributed by atoms with van der Waals surface area (Å²) in [7, 11) is 1.73. The number of methoxy groups -OCH3 is 1. The second-order valence-electron chi connectivity index (χ2n) is 5.28. The Hall–Kier alpha value is -1.87. The molecule has 1 N–H and O–H groups in total. The number of hydrogen-bond donors (Lipinski definition) is 1. The summed E-state index contributed by atoms with van der Waals surface area (Å²) in [6.45, 7) is 5.27. The average Bonchev–Trinajstić information content (AvgIpc) is 2.52. The number of pyridine rings is 1. The van der Waals surface area contributed by atoms with E-state index in [2.05, 4.69) is 42.3 Å². The molecule has 1 atom stereocenters. The molecule has 21 heavy (non-hydrogen) atoms. The summed E-state index contributed by atoms with van der Waals surface area (Å²) in [5, 5.41) is 3.59. The van der Waals surface area contributed by atoms with Gasteiger partial charge in [0.1, 0.15) is 5.75 Å². The molecule has 0 radical (unpaired) electrons. The van der Waals surface area contributed by atoms with E-state index in [4.69, 9.17) is 4.74 Å². The molecule has 3 nitrogen and oxygen atoms in total. The zero-order valence-corrected chi connectivity index (χ0v) is 13.1. The summed E-state index contributed by atoms with van der Waals surface area (Å²) in [6.07, 6.45) is 3.83. The first-order valence-electron chi connectivity index (χ1n) is 7.52. The molecule has 2 rings (SSSR count). The molecule has 0 spiro atoms. The minimum absolute atomic E-state index is 0.210. The van der Waals surface area contributed by atoms with Gasteiger partial charge in [0.2, 0.25) is 0 Å². The van der Waals surface area contributed by atoms with Crippen molar-refractivity contribution in [2.45, 2.75) is 32.7 Å². The summed E-state index contributed by atoms with van der Waals surface area (Å²) < 4.78 is 5.49. The summed E-state index contributed by atoms with van der Waals surface area (Å²) in [5.41, 5.74) is 3.55. The van der Waals surface area contributed by atoms with Crippen LogP contribution in [0.1, 0.15) is 36.2 Å². The number of nitrogens with zero attached hydrogens (tertiary/aromatic N) is 1. The maximum absolute atomic E-state index is 5.49. The van der Waals surface area contributed by atoms with Crippen molar-refractivity contribution in [2.24, 2.45) is 0 Å². The fourth-order valence-corrected chi connectivity index (χ4v) is 2.47. The van der Waals surface area contributed by atoms with E-state index in [1.54, 1.807) is 7.11 Å². The molecule has 0 aliphatic carbocycles. The van der Waals surface area contributed by atoms with Crippen molar-refractivity contribution < 1.29 is 4.74 Å². The van der Waals surface area contributed by atoms with Gasteiger partial charge in [0, 0.05) is 6.20 Å². The van der Waals surface area contributed by atoms with Crippen LogP contribution >= 0.6 is 0 Å². The van der Waals surface area contributed by atoms with E-state index in [1.807, 2.05) is 24.4 Å². The van der Waals surface area contributed by atoms with E-state index in [1.165, 1.54) is 11.1 Å². The highest BCUT2D eigenvalue weighted by molar-refractivity contribution is 5.38. The predicted molar refractivity (Wildman–Crippen MR) is 86.7 cm³/mol. The number of hydrogen-bond acceptors (Lipinski definition) is 3. The largest absolute Gasteiger partial charge is 0.496 e. The maximum atomic E-state index is 5.49. The Morgan fingerprint density at radius 2 is 2.10 bits per heavy atom. The standard InChI is InChI=1S/C18H24N2O/c1-4-10-19-17(16-7-5-6-11-20-16)13-15-12-14(2)8-9-18(15)21-3/h5-9,11-12,17,19H,4,10,13H2,1-3H3. The van der Waals surface area contributed by atoms with E-state index in [9.17, 15) is 0 Å². The number of nitrogens with one attached hydrogen (secondary N) is 1. The number of rotatable bonds is 7. The zero-order chi connectivity index (χ0) is 15.1. The van der Waals surface area contributed by atoms with Crippen molar-refractivity contribution in [1.82, 2.24) is 10.3 Å². The van der Waals surface area contributed by atoms with Crippen LogP contribution in [0.2, 0.25) is 0 Å². The van der Waals surface area contributed by atoms with E-state index in [0.717, 1.165) is 30.8 Å². The fourth-order valence-electron chi connectivity index (χ4n) is 2.47. The summed E-state index contributed by atoms with van der Waals surface area (Å²) in [5.74, 6) is 0.944. The predicted octanol–water partition coefficient (Wildman–Crippen LogP) is 3.68. The topological polar surface area (TPSA) is 34.1 Å². The van der Waals surface area contributed by atoms with Crippen LogP contribution in [-0.4, -0.2) is 18.6 Å². The molecule has 0 saturated carbocycles. The van der Waals surface area contributed by atoms with E-state index in [0.29, 0.717) is 0 Å². The Balaban J connectivity index is 2.24. The monoisotopic (exact) mass is 284 g/mol. The number of aromatic nitrogens is 1. The molecule has 1 heterocycles. The van der Waals surface area contributed by atoms with Crippen LogP contribution in [0.4, 0.5) is 0 Å². The van der Waals surface area contributed by atoms with Crippen LogP contribution in [0.15, 0.2) is 42.6 Å². The molecule has 2 aromatic rings. The Morgan fingerprint density at radius 3 is 2.76 bits per heavy atom. The SMILES string of the molecule is CCCNC(Cc1cc(C)ccc1OC)c1ccccn1. The maximum Gasteiger partial charge on any atom is 0.122 e. The molecule has 1 aromatic carbocycles. The molecule has 3 heteroatoms. The van der Waals surface area contributed by atoms with Crippen LogP contribution in [0.25, 0.3) is 0 Å². The van der Waals surface area contributed by atoms with Gasteiger partial charge in [0.05, 0.1) is 18.8 Å². The highest BCUT2D eigenvalue weighted by Crippen LogP contribution is 2.25. The molecule has 0 bridgehead atoms. The minimum Gasteiger partial charge on any atom is -0.496 e. The van der Waals surface area contributed by atoms with E-state index >= 15 is 0 Å². The molecule has 1 unspecified atom stereocenters. The second kappa shape index (κ2) is 7.79. The van der Waals surface area contributed by atoms with Crippen LogP contribution in [0.3, 0.4) is 0 Å². The number of ether oxygens (including phenoxy) is 1. The van der Waals surface area contributed by atoms with Gasteiger partial charge in [-0.25, -0.2) is 0 Å². The van der Waals surface area contributed by atoms with Crippen LogP contribution in [0.5, 0.6) is 5.75 Å². The van der Waals surface area contributed by atoms with Crippen molar-refractivity contribution in [3.63, 3.8) is 0 Å². The van der Waals surface area contributed by atoms with Gasteiger partial charge in [-0.2, -0.15) is 0 Å². The molecular weight excluding hydrogens is 260 g/mol. The van der Waals surface area contributed by atoms with Crippen LogP contribution in [-0.2, 0) is 6.42 Å². The van der Waals surface area contributed by atoms with Crippen molar-refractivity contribution in [3.05, 3.63) is 59.4 Å². The van der Waals surface area contributed by atoms with E-state index in [-0.39, 0.29) is 6.04 Å². The quantitative estimate of drug-likeness (QED) is 0.842. The molecular formula is C18H24N2O. The summed E-state index contributed by atoms with van der Waals surface area (Å²) in [6, 6.07) is 12.6. The van der Waals surface area contributed by atoms with Crippen molar-refractivity contribution in [3.8, 4) is 5.75 Å². The third-order valence-electron chi connectivity index (χ3n) is 3.55. The minimum atomic E-state index is 0.210. The lowest BCUT2D eigenvalue weighted by atomic mass is 10.00. The van der Waals surface area contributed by atoms with Crippen molar-refractivity contribution in [2.75, 3.05) is 13.7 Å². The van der Waals surface area contributed by atoms with Crippen molar-refractivity contribution >= 4 is 0 Å². The second-order valence-corrected chi connectivity index (χ2v) is 5.28. The third kappa shape index (κ3) is 4.30. The third-order valence-corrected chi connectivity index (χ3v) is 3.55. The Morgan fingerprint density at radius 1 is 1.24 bits per heavy atom. The number of benzene rings is 1. The molecule has 112 valence electrons. The zero-order valence-electron chi connectivity index (χ0n) is 13.1. The van der Waals surface area contributed by atoms with Gasteiger partial charge < -0.3 is 10.1 Å². The summed E-state index contributed by atoms with van der Waals surface area (Å²) in [4.78, 5) is 4.50. The van der Waals surface area contributed by atoms with Gasteiger partial charge in [-0.3, -0.25) is 4.98 Å². The van der Waals surface area contributed by atoms with Crippen LogP contribution in [0, 0.1) is 6.92 Å². The highest BCUT2D eigenvalue weighted by atomic mass is 16.5. The van der Waals surface area contributed by atoms with Gasteiger partial charge in [0.25, 0.3) is 0 Å². The van der Waals surface area contributed by atoms with Gasteiger partial charge >= 0.3 is 0 Å². The first kappa shape index (κ1) is 15.5. The Bertz CT molecular complexity index is 554. The molecule has 0 aliphatic rings. The lowest BCUT2D eigenvalue weighted by Gasteiger charge is -2.20. The lowest BCUT2D eigenvalue weighted by Crippen LogP contribution is -2.25. The molecule has 1 aromatic heterocycles. The smallest absolute Gasteiger partial charge is 0.122 e. The lowest BCUT2D eigenvalue weighted by molar-refractivity contribution is 0.404. The summed E-state index contributed by atoms with van der Waals surface area (Å²) >= 11 is 0. The normalized spacial score (nSPS) is 12.1. The molecule has 0 saturated heterocycles. The first-order valence-corrected chi connectivity index (χ1v) is 7.52. The Kier molecular flexibility index (Phi) is 5.76. The average molecular weight is 284 g/mol. The van der Waals surface area contributed by atoms with Gasteiger partial charge in [0.15, 0.2) is 0 Å². The molecule has 0 aliphatic heterocycles. The van der Waals surface area contributed by atoms with E-state index < -0.39 is 0 Å². The highest BCUT2D eigenvalue weighted by Gasteiger charge is 2.15. The van der Waals surface area contributed by atoms with Crippen molar-refractivity contribution in [1.29, 1.82) is 0 Å². The first-order chi connectivity index (χ1) is 10.2. The fraction of sp³-hybridized carbons (Fsp3) is 0.389. The van der Waals surface area contributed by atoms with Gasteiger partial charge in [-0.15, -0.1) is 0 Å². The van der Waals surface area contributed by atoms with Crippen LogP contribution < -0.4 is 10.1 Å². The molecule has 0 fully saturated rings. The Labute approximate surface area is 127 Å². The van der Waals surface area contributed by atoms with Gasteiger partial charge in [-0.05, 0) is 50.1 Å². The van der Waals surface area contributed by atoms with Gasteiger partial charge in [-0.1, -0.05) is 30.7 Å². The molecule has 0 amide bonds. The number of aryl methyl sites for hydroxylation is 1.